The van der Waals surface area contributed by atoms with Crippen molar-refractivity contribution in [1.29, 1.82) is 0 Å². The van der Waals surface area contributed by atoms with Gasteiger partial charge in [-0.3, -0.25) is 33.4 Å². The van der Waals surface area contributed by atoms with Gasteiger partial charge in [-0.05, 0) is 54.4 Å². The number of aromatic nitrogens is 6. The summed E-state index contributed by atoms with van der Waals surface area (Å²) in [5.41, 5.74) is -0.220. The zero-order chi connectivity index (χ0) is 46.8. The molecule has 23 heteroatoms. The van der Waals surface area contributed by atoms with Crippen molar-refractivity contribution in [3.05, 3.63) is 23.8 Å². The summed E-state index contributed by atoms with van der Waals surface area (Å²) in [4.78, 5) is 71.6. The molecule has 0 bridgehead atoms. The number of carbonyl (C=O) groups is 6. The van der Waals surface area contributed by atoms with E-state index in [2.05, 4.69) is 20.6 Å². The van der Waals surface area contributed by atoms with Crippen molar-refractivity contribution in [1.82, 2.24) is 30.0 Å². The Kier molecular flexibility index (Phi) is 17.6. The van der Waals surface area contributed by atoms with Crippen molar-refractivity contribution in [2.75, 3.05) is 6.61 Å². The maximum atomic E-state index is 12.0. The number of esters is 6. The first-order chi connectivity index (χ1) is 29.4. The molecule has 0 N–H and O–H groups in total. The molecule has 10 atom stereocenters. The minimum atomic E-state index is -1.25. The topological polar surface area (TPSA) is 265 Å². The summed E-state index contributed by atoms with van der Waals surface area (Å²) in [5.74, 6) is -3.99. The largest absolute Gasteiger partial charge is 0.456 e. The summed E-state index contributed by atoms with van der Waals surface area (Å²) in [5, 5.41) is 16.9. The van der Waals surface area contributed by atoms with Crippen LogP contribution in [0.1, 0.15) is 107 Å². The van der Waals surface area contributed by atoms with E-state index in [4.69, 9.17) is 52.1 Å². The predicted molar refractivity (Wildman–Crippen MR) is 210 cm³/mol. The van der Waals surface area contributed by atoms with Gasteiger partial charge in [-0.1, -0.05) is 10.4 Å². The zero-order valence-electron chi connectivity index (χ0n) is 37.8. The van der Waals surface area contributed by atoms with Crippen LogP contribution in [0.3, 0.4) is 0 Å². The molecule has 2 aliphatic rings. The first-order valence-corrected chi connectivity index (χ1v) is 20.5. The van der Waals surface area contributed by atoms with E-state index < -0.39 is 108 Å². The van der Waals surface area contributed by atoms with Gasteiger partial charge in [0.25, 0.3) is 0 Å². The standard InChI is InChI=1S/C40H60N6O17/c1-21-31(58-23(3)47)33(60-25(5)49)35(62-27(7)51)37(56-21)53-19-29-17-45(43-41-29)15-13-40(11,12)55-16-14-39(9,10)46-18-30(42-44-46)20-54-38-36(63-28(8)52)34(61-26(6)50)32(22(2)57-38)59-24(4)48/h17-18,21-22,31-38H,13-16,19-20H2,1-12H3/t21?,22-,31?,32?,33?,34?,35?,36?,37?,38+/m0/s1. The molecule has 0 saturated carbocycles. The molecule has 0 amide bonds. The van der Waals surface area contributed by atoms with Crippen molar-refractivity contribution in [3.8, 4) is 0 Å². The second-order valence-corrected chi connectivity index (χ2v) is 16.5. The number of rotatable bonds is 20. The molecule has 352 valence electrons. The summed E-state index contributed by atoms with van der Waals surface area (Å²) in [6.45, 7) is 18.9. The quantitative estimate of drug-likeness (QED) is 0.136. The molecule has 63 heavy (non-hydrogen) atoms. The lowest BCUT2D eigenvalue weighted by Crippen LogP contribution is -2.61. The second-order valence-electron chi connectivity index (χ2n) is 16.5. The van der Waals surface area contributed by atoms with Gasteiger partial charge in [0, 0.05) is 54.7 Å². The molecular weight excluding hydrogens is 836 g/mol. The Morgan fingerprint density at radius 1 is 0.571 bits per heavy atom. The fraction of sp³-hybridized carbons (Fsp3) is 0.750. The lowest BCUT2D eigenvalue weighted by atomic mass is 9.99. The Morgan fingerprint density at radius 3 is 1.41 bits per heavy atom. The molecule has 0 spiro atoms. The maximum absolute atomic E-state index is 12.0. The van der Waals surface area contributed by atoms with Gasteiger partial charge in [-0.2, -0.15) is 0 Å². The highest BCUT2D eigenvalue weighted by Gasteiger charge is 2.52. The van der Waals surface area contributed by atoms with Crippen molar-refractivity contribution >= 4 is 35.8 Å². The van der Waals surface area contributed by atoms with E-state index in [9.17, 15) is 28.8 Å². The minimum Gasteiger partial charge on any atom is -0.456 e. The lowest BCUT2D eigenvalue weighted by Gasteiger charge is -2.43. The Hall–Kier alpha value is -5.10. The van der Waals surface area contributed by atoms with Crippen molar-refractivity contribution in [2.45, 2.75) is 188 Å². The number of carbonyl (C=O) groups excluding carboxylic acids is 6. The van der Waals surface area contributed by atoms with Gasteiger partial charge in [0.15, 0.2) is 49.2 Å². The Bertz CT molecular complexity index is 1900. The molecule has 0 aliphatic carbocycles. The van der Waals surface area contributed by atoms with E-state index in [1.165, 1.54) is 41.5 Å². The van der Waals surface area contributed by atoms with E-state index in [-0.39, 0.29) is 13.2 Å². The lowest BCUT2D eigenvalue weighted by molar-refractivity contribution is -0.303. The number of hydrogen-bond acceptors (Lipinski definition) is 21. The highest BCUT2D eigenvalue weighted by atomic mass is 16.7. The fourth-order valence-corrected chi connectivity index (χ4v) is 6.86. The molecule has 4 rings (SSSR count). The number of nitrogens with zero attached hydrogens (tertiary/aromatic N) is 6. The van der Waals surface area contributed by atoms with Crippen LogP contribution in [0.5, 0.6) is 0 Å². The molecule has 0 aromatic carbocycles. The molecule has 2 aromatic heterocycles. The van der Waals surface area contributed by atoms with Crippen LogP contribution in [0.2, 0.25) is 0 Å². The number of hydrogen-bond donors (Lipinski definition) is 0. The molecular formula is C40H60N6O17. The SMILES string of the molecule is CC(=O)OC1C(C)OC(OCc2cn(CCC(C)(C)OCCC(C)(C)n3cc(CO[C@@H]4O[C@@H](C)C(OC(C)=O)C(OC(C)=O)C4OC(C)=O)nn3)nn2)C(OC(C)=O)C1OC(C)=O. The summed E-state index contributed by atoms with van der Waals surface area (Å²) in [7, 11) is 0. The van der Waals surface area contributed by atoms with Crippen LogP contribution >= 0.6 is 0 Å². The molecule has 2 saturated heterocycles. The van der Waals surface area contributed by atoms with Crippen LogP contribution in [0.15, 0.2) is 12.4 Å². The molecule has 2 aromatic rings. The summed E-state index contributed by atoms with van der Waals surface area (Å²) in [6, 6.07) is 0. The molecule has 2 fully saturated rings. The third-order valence-corrected chi connectivity index (χ3v) is 9.95. The average Bonchev–Trinajstić information content (AvgIpc) is 3.84. The first-order valence-electron chi connectivity index (χ1n) is 20.5. The highest BCUT2D eigenvalue weighted by Crippen LogP contribution is 2.32. The van der Waals surface area contributed by atoms with Gasteiger partial charge in [0.2, 0.25) is 0 Å². The van der Waals surface area contributed by atoms with Crippen LogP contribution in [0.4, 0.5) is 0 Å². The minimum absolute atomic E-state index is 0.0950. The van der Waals surface area contributed by atoms with Crippen molar-refractivity contribution in [3.63, 3.8) is 0 Å². The van der Waals surface area contributed by atoms with Crippen LogP contribution in [0, 0.1) is 0 Å². The third kappa shape index (κ3) is 15.0. The van der Waals surface area contributed by atoms with Gasteiger partial charge in [0.1, 0.15) is 11.4 Å². The predicted octanol–water partition coefficient (Wildman–Crippen LogP) is 1.99. The number of ether oxygens (including phenoxy) is 11. The smallest absolute Gasteiger partial charge is 0.303 e. The highest BCUT2D eigenvalue weighted by molar-refractivity contribution is 5.69. The van der Waals surface area contributed by atoms with E-state index in [1.807, 2.05) is 27.7 Å². The maximum Gasteiger partial charge on any atom is 0.303 e. The van der Waals surface area contributed by atoms with Crippen LogP contribution in [0.25, 0.3) is 0 Å². The number of aryl methyl sites for hydroxylation is 1. The van der Waals surface area contributed by atoms with Crippen molar-refractivity contribution < 1.29 is 80.9 Å². The summed E-state index contributed by atoms with van der Waals surface area (Å²) < 4.78 is 65.9. The van der Waals surface area contributed by atoms with Crippen LogP contribution in [-0.2, 0) is 106 Å². The molecule has 4 heterocycles. The third-order valence-electron chi connectivity index (χ3n) is 9.95. The normalized spacial score (nSPS) is 26.3. The average molecular weight is 897 g/mol. The zero-order valence-corrected chi connectivity index (χ0v) is 37.8. The van der Waals surface area contributed by atoms with E-state index >= 15 is 0 Å². The van der Waals surface area contributed by atoms with E-state index in [0.717, 1.165) is 0 Å². The summed E-state index contributed by atoms with van der Waals surface area (Å²) in [6.07, 6.45) is -6.39. The van der Waals surface area contributed by atoms with Gasteiger partial charge in [-0.15, -0.1) is 10.2 Å². The fourth-order valence-electron chi connectivity index (χ4n) is 6.86. The summed E-state index contributed by atoms with van der Waals surface area (Å²) >= 11 is 0. The van der Waals surface area contributed by atoms with Gasteiger partial charge in [-0.25, -0.2) is 4.68 Å². The van der Waals surface area contributed by atoms with Gasteiger partial charge < -0.3 is 52.1 Å². The van der Waals surface area contributed by atoms with Crippen LogP contribution in [-0.4, -0.2) is 139 Å². The van der Waals surface area contributed by atoms with Gasteiger partial charge in [0.05, 0.1) is 49.0 Å². The first kappa shape index (κ1) is 50.5. The Balaban J connectivity index is 1.28. The molecule has 0 radical (unpaired) electrons. The molecule has 23 nitrogen and oxygen atoms in total. The Morgan fingerprint density at radius 2 is 0.968 bits per heavy atom. The molecule has 2 aliphatic heterocycles. The Labute approximate surface area is 364 Å². The van der Waals surface area contributed by atoms with Crippen molar-refractivity contribution in [2.24, 2.45) is 0 Å². The van der Waals surface area contributed by atoms with E-state index in [1.54, 1.807) is 35.6 Å². The van der Waals surface area contributed by atoms with Crippen LogP contribution < -0.4 is 0 Å². The molecule has 8 unspecified atom stereocenters. The van der Waals surface area contributed by atoms with Gasteiger partial charge >= 0.3 is 35.8 Å². The monoisotopic (exact) mass is 896 g/mol. The second kappa shape index (κ2) is 22.0. The van der Waals surface area contributed by atoms with E-state index in [0.29, 0.717) is 37.4 Å².